The summed E-state index contributed by atoms with van der Waals surface area (Å²) < 4.78 is 5.11. The second-order valence-corrected chi connectivity index (χ2v) is 7.23. The van der Waals surface area contributed by atoms with Crippen molar-refractivity contribution in [3.63, 3.8) is 0 Å². The normalized spacial score (nSPS) is 14.3. The Kier molecular flexibility index (Phi) is 5.84. The van der Waals surface area contributed by atoms with Crippen LogP contribution in [0.1, 0.15) is 40.2 Å². The fourth-order valence-electron chi connectivity index (χ4n) is 2.37. The summed E-state index contributed by atoms with van der Waals surface area (Å²) in [4.78, 5) is 35.9. The Morgan fingerprint density at radius 1 is 1.08 bits per heavy atom. The van der Waals surface area contributed by atoms with E-state index in [9.17, 15) is 19.5 Å². The van der Waals surface area contributed by atoms with Crippen LogP contribution in [0.3, 0.4) is 0 Å². The number of nitrogens with two attached hydrogens (primary N) is 1. The zero-order valence-corrected chi connectivity index (χ0v) is 15.3. The molecule has 0 aliphatic carbocycles. The molecule has 0 heterocycles. The first-order valence-electron chi connectivity index (χ1n) is 7.88. The molecule has 0 bridgehead atoms. The van der Waals surface area contributed by atoms with Gasteiger partial charge in [-0.3, -0.25) is 4.79 Å². The van der Waals surface area contributed by atoms with Crippen molar-refractivity contribution in [2.45, 2.75) is 46.8 Å². The molecular formula is C18H26N2O5. The summed E-state index contributed by atoms with van der Waals surface area (Å²) in [6.07, 6.45) is -0.887. The first-order chi connectivity index (χ1) is 11.4. The first-order valence-corrected chi connectivity index (χ1v) is 7.88. The van der Waals surface area contributed by atoms with Gasteiger partial charge in [-0.25, -0.2) is 9.59 Å². The maximum atomic E-state index is 12.2. The predicted molar refractivity (Wildman–Crippen MR) is 92.6 cm³/mol. The highest BCUT2D eigenvalue weighted by Gasteiger charge is 2.58. The van der Waals surface area contributed by atoms with Crippen LogP contribution in [-0.2, 0) is 20.9 Å². The second kappa shape index (κ2) is 7.13. The van der Waals surface area contributed by atoms with E-state index < -0.39 is 34.3 Å². The number of primary amides is 1. The molecule has 1 aromatic carbocycles. The number of carbonyl (C=O) groups excluding carboxylic acids is 2. The van der Waals surface area contributed by atoms with E-state index in [0.717, 1.165) is 5.56 Å². The molecule has 1 atom stereocenters. The molecule has 7 nitrogen and oxygen atoms in total. The maximum absolute atomic E-state index is 12.2. The van der Waals surface area contributed by atoms with Gasteiger partial charge >= 0.3 is 12.1 Å². The zero-order valence-electron chi connectivity index (χ0n) is 15.3. The van der Waals surface area contributed by atoms with Crippen LogP contribution in [0, 0.1) is 10.8 Å². The number of rotatable bonds is 7. The van der Waals surface area contributed by atoms with Gasteiger partial charge in [-0.2, -0.15) is 0 Å². The molecule has 4 N–H and O–H groups in total. The Labute approximate surface area is 147 Å². The molecule has 7 heteroatoms. The minimum Gasteiger partial charge on any atom is -0.479 e. The number of carbonyl (C=O) groups is 3. The summed E-state index contributed by atoms with van der Waals surface area (Å²) in [5.41, 5.74) is 2.03. The Morgan fingerprint density at radius 3 is 2.04 bits per heavy atom. The molecule has 0 radical (unpaired) electrons. The fraction of sp³-hybridized carbons (Fsp3) is 0.500. The summed E-state index contributed by atoms with van der Waals surface area (Å²) in [6, 6.07) is 9.00. The average molecular weight is 350 g/mol. The molecule has 138 valence electrons. The molecule has 1 aromatic rings. The van der Waals surface area contributed by atoms with Crippen molar-refractivity contribution in [1.82, 2.24) is 5.32 Å². The van der Waals surface area contributed by atoms with Crippen LogP contribution in [0.15, 0.2) is 30.3 Å². The molecule has 25 heavy (non-hydrogen) atoms. The Hall–Kier alpha value is -2.57. The van der Waals surface area contributed by atoms with E-state index in [4.69, 9.17) is 10.5 Å². The maximum Gasteiger partial charge on any atom is 0.408 e. The van der Waals surface area contributed by atoms with E-state index in [-0.39, 0.29) is 6.61 Å². The summed E-state index contributed by atoms with van der Waals surface area (Å²) in [5.74, 6) is -1.95. The van der Waals surface area contributed by atoms with E-state index in [1.807, 2.05) is 6.07 Å². The number of hydrogen-bond acceptors (Lipinski definition) is 4. The topological polar surface area (TPSA) is 119 Å². The van der Waals surface area contributed by atoms with Crippen LogP contribution in [0.4, 0.5) is 4.79 Å². The minimum absolute atomic E-state index is 0.00200. The Balaban J connectivity index is 3.00. The van der Waals surface area contributed by atoms with Crippen LogP contribution in [0.25, 0.3) is 0 Å². The number of alkyl carbamates (subject to hydrolysis) is 1. The van der Waals surface area contributed by atoms with Gasteiger partial charge in [0.25, 0.3) is 0 Å². The highest BCUT2D eigenvalue weighted by atomic mass is 16.5. The lowest BCUT2D eigenvalue weighted by Gasteiger charge is -2.49. The van der Waals surface area contributed by atoms with Gasteiger partial charge < -0.3 is 20.9 Å². The van der Waals surface area contributed by atoms with Gasteiger partial charge in [0.2, 0.25) is 5.91 Å². The van der Waals surface area contributed by atoms with Gasteiger partial charge in [-0.05, 0) is 12.5 Å². The highest BCUT2D eigenvalue weighted by molar-refractivity contribution is 5.88. The molecule has 0 aliphatic rings. The number of hydrogen-bond donors (Lipinski definition) is 3. The molecule has 0 aromatic heterocycles. The number of ether oxygens (including phenoxy) is 1. The monoisotopic (exact) mass is 350 g/mol. The van der Waals surface area contributed by atoms with Gasteiger partial charge in [0.05, 0.1) is 5.41 Å². The highest BCUT2D eigenvalue weighted by Crippen LogP contribution is 2.46. The fourth-order valence-corrected chi connectivity index (χ4v) is 2.37. The molecule has 0 spiro atoms. The van der Waals surface area contributed by atoms with E-state index in [1.165, 1.54) is 6.92 Å². The van der Waals surface area contributed by atoms with E-state index in [0.29, 0.717) is 0 Å². The van der Waals surface area contributed by atoms with Crippen molar-refractivity contribution < 1.29 is 24.2 Å². The SMILES string of the molecule is CC(C)(C(N)=O)C(C)(C)C(C)(NC(=O)OCc1ccccc1)C(=O)O. The van der Waals surface area contributed by atoms with Crippen molar-refractivity contribution in [2.75, 3.05) is 0 Å². The lowest BCUT2D eigenvalue weighted by molar-refractivity contribution is -0.157. The summed E-state index contributed by atoms with van der Waals surface area (Å²) >= 11 is 0. The van der Waals surface area contributed by atoms with Gasteiger partial charge in [-0.15, -0.1) is 0 Å². The lowest BCUT2D eigenvalue weighted by atomic mass is 9.57. The number of benzene rings is 1. The van der Waals surface area contributed by atoms with Gasteiger partial charge in [-0.1, -0.05) is 58.0 Å². The molecule has 2 amide bonds. The van der Waals surface area contributed by atoms with Crippen molar-refractivity contribution >= 4 is 18.0 Å². The van der Waals surface area contributed by atoms with Crippen molar-refractivity contribution in [3.05, 3.63) is 35.9 Å². The Bertz CT molecular complexity index is 655. The van der Waals surface area contributed by atoms with E-state index >= 15 is 0 Å². The van der Waals surface area contributed by atoms with E-state index in [1.54, 1.807) is 52.0 Å². The van der Waals surface area contributed by atoms with Crippen molar-refractivity contribution in [3.8, 4) is 0 Å². The predicted octanol–water partition coefficient (Wildman–Crippen LogP) is 2.29. The quantitative estimate of drug-likeness (QED) is 0.697. The molecule has 1 rings (SSSR count). The smallest absolute Gasteiger partial charge is 0.408 e. The molecule has 0 fully saturated rings. The van der Waals surface area contributed by atoms with Crippen LogP contribution in [0.2, 0.25) is 0 Å². The zero-order chi connectivity index (χ0) is 19.5. The third-order valence-corrected chi connectivity index (χ3v) is 5.42. The average Bonchev–Trinajstić information content (AvgIpc) is 2.53. The van der Waals surface area contributed by atoms with Gasteiger partial charge in [0.15, 0.2) is 0 Å². The molecular weight excluding hydrogens is 324 g/mol. The minimum atomic E-state index is -1.78. The molecule has 0 saturated carbocycles. The van der Waals surface area contributed by atoms with Crippen LogP contribution in [0.5, 0.6) is 0 Å². The second-order valence-electron chi connectivity index (χ2n) is 7.23. The number of aliphatic carboxylic acids is 1. The van der Waals surface area contributed by atoms with E-state index in [2.05, 4.69) is 5.32 Å². The van der Waals surface area contributed by atoms with Crippen LogP contribution < -0.4 is 11.1 Å². The third kappa shape index (κ3) is 3.92. The summed E-state index contributed by atoms with van der Waals surface area (Å²) in [6.45, 7) is 7.58. The van der Waals surface area contributed by atoms with Crippen LogP contribution >= 0.6 is 0 Å². The van der Waals surface area contributed by atoms with Crippen LogP contribution in [-0.4, -0.2) is 28.6 Å². The third-order valence-electron chi connectivity index (χ3n) is 5.42. The van der Waals surface area contributed by atoms with Crippen molar-refractivity contribution in [1.29, 1.82) is 0 Å². The Morgan fingerprint density at radius 2 is 1.60 bits per heavy atom. The van der Waals surface area contributed by atoms with Crippen molar-refractivity contribution in [2.24, 2.45) is 16.6 Å². The first kappa shape index (κ1) is 20.5. The summed E-state index contributed by atoms with van der Waals surface area (Å²) in [5, 5.41) is 12.1. The standard InChI is InChI=1S/C18H26N2O5/c1-16(2,13(19)21)17(3,4)18(5,14(22)23)20-15(24)25-11-12-9-7-6-8-10-12/h6-10H,11H2,1-5H3,(H2,19,21)(H,20,24)(H,22,23). The molecule has 0 aliphatic heterocycles. The van der Waals surface area contributed by atoms with Gasteiger partial charge in [0.1, 0.15) is 12.1 Å². The summed E-state index contributed by atoms with van der Waals surface area (Å²) in [7, 11) is 0. The lowest BCUT2D eigenvalue weighted by Crippen LogP contribution is -2.67. The molecule has 1 unspecified atom stereocenters. The number of carboxylic acid groups (broad SMARTS) is 1. The largest absolute Gasteiger partial charge is 0.479 e. The number of carboxylic acids is 1. The number of nitrogens with one attached hydrogen (secondary N) is 1. The molecule has 0 saturated heterocycles. The van der Waals surface area contributed by atoms with Gasteiger partial charge in [0, 0.05) is 5.41 Å². The number of amides is 2.